The summed E-state index contributed by atoms with van der Waals surface area (Å²) in [6.07, 6.45) is -0.983. The first-order chi connectivity index (χ1) is 15.2. The van der Waals surface area contributed by atoms with Crippen molar-refractivity contribution in [1.82, 2.24) is 10.6 Å². The molecular weight excluding hydrogens is 415 g/mol. The molecule has 0 radical (unpaired) electrons. The van der Waals surface area contributed by atoms with Crippen molar-refractivity contribution in [3.8, 4) is 11.5 Å². The zero-order valence-electron chi connectivity index (χ0n) is 19.3. The van der Waals surface area contributed by atoms with E-state index >= 15 is 0 Å². The SMILES string of the molecule is COc1ccc(C(NC(=O)[C@@H](NC(=O)OC(C)C)C(C)C)c2ccc(F)cc2)cc1OC. The van der Waals surface area contributed by atoms with Gasteiger partial charge in [-0.15, -0.1) is 0 Å². The molecule has 1 unspecified atom stereocenters. The summed E-state index contributed by atoms with van der Waals surface area (Å²) in [6, 6.07) is 9.68. The molecule has 0 fully saturated rings. The van der Waals surface area contributed by atoms with Crippen molar-refractivity contribution >= 4 is 12.0 Å². The van der Waals surface area contributed by atoms with Crippen LogP contribution in [0.2, 0.25) is 0 Å². The van der Waals surface area contributed by atoms with Crippen molar-refractivity contribution in [2.45, 2.75) is 45.9 Å². The fourth-order valence-corrected chi connectivity index (χ4v) is 3.19. The summed E-state index contributed by atoms with van der Waals surface area (Å²) < 4.78 is 29.3. The van der Waals surface area contributed by atoms with E-state index in [2.05, 4.69) is 10.6 Å². The van der Waals surface area contributed by atoms with Crippen molar-refractivity contribution in [2.75, 3.05) is 14.2 Å². The van der Waals surface area contributed by atoms with Crippen LogP contribution in [0.25, 0.3) is 0 Å². The van der Waals surface area contributed by atoms with E-state index in [9.17, 15) is 14.0 Å². The molecule has 0 aromatic heterocycles. The topological polar surface area (TPSA) is 85.9 Å². The number of rotatable bonds is 9. The molecule has 174 valence electrons. The first kappa shape index (κ1) is 25.0. The monoisotopic (exact) mass is 446 g/mol. The van der Waals surface area contributed by atoms with Gasteiger partial charge < -0.3 is 24.8 Å². The van der Waals surface area contributed by atoms with E-state index < -0.39 is 24.1 Å². The highest BCUT2D eigenvalue weighted by Crippen LogP contribution is 2.32. The molecule has 8 heteroatoms. The van der Waals surface area contributed by atoms with Crippen LogP contribution in [0.3, 0.4) is 0 Å². The summed E-state index contributed by atoms with van der Waals surface area (Å²) in [7, 11) is 3.05. The van der Waals surface area contributed by atoms with Gasteiger partial charge in [0.2, 0.25) is 5.91 Å². The number of hydrogen-bond acceptors (Lipinski definition) is 5. The second kappa shape index (κ2) is 11.4. The zero-order chi connectivity index (χ0) is 23.8. The molecule has 0 saturated carbocycles. The Morgan fingerprint density at radius 2 is 1.44 bits per heavy atom. The molecule has 2 N–H and O–H groups in total. The van der Waals surface area contributed by atoms with Crippen molar-refractivity contribution < 1.29 is 28.2 Å². The Hall–Kier alpha value is -3.29. The standard InChI is InChI=1S/C24H31FN2O5/c1-14(2)21(27-24(29)32-15(3)4)23(28)26-22(16-7-10-18(25)11-8-16)17-9-12-19(30-5)20(13-17)31-6/h7-15,21-22H,1-6H3,(H,26,28)(H,27,29)/t21-,22?/m0/s1. The predicted molar refractivity (Wildman–Crippen MR) is 119 cm³/mol. The largest absolute Gasteiger partial charge is 0.493 e. The number of carbonyl (C=O) groups excluding carboxylic acids is 2. The molecule has 2 rings (SSSR count). The Bertz CT molecular complexity index is 915. The van der Waals surface area contributed by atoms with Crippen molar-refractivity contribution in [3.05, 3.63) is 59.4 Å². The Kier molecular flexibility index (Phi) is 8.87. The first-order valence-electron chi connectivity index (χ1n) is 10.4. The summed E-state index contributed by atoms with van der Waals surface area (Å²) in [4.78, 5) is 25.3. The van der Waals surface area contributed by atoms with E-state index in [0.717, 1.165) is 0 Å². The molecule has 0 saturated heterocycles. The fourth-order valence-electron chi connectivity index (χ4n) is 3.19. The number of ether oxygens (including phenoxy) is 3. The zero-order valence-corrected chi connectivity index (χ0v) is 19.3. The highest BCUT2D eigenvalue weighted by Gasteiger charge is 2.28. The maximum Gasteiger partial charge on any atom is 0.408 e. The van der Waals surface area contributed by atoms with Crippen molar-refractivity contribution in [3.63, 3.8) is 0 Å². The Balaban J connectivity index is 2.38. The van der Waals surface area contributed by atoms with Gasteiger partial charge in [-0.3, -0.25) is 4.79 Å². The summed E-state index contributed by atoms with van der Waals surface area (Å²) >= 11 is 0. The van der Waals surface area contributed by atoms with Crippen LogP contribution in [0.4, 0.5) is 9.18 Å². The van der Waals surface area contributed by atoms with Gasteiger partial charge in [0.25, 0.3) is 0 Å². The Morgan fingerprint density at radius 1 is 0.844 bits per heavy atom. The molecule has 2 aromatic carbocycles. The third-order valence-corrected chi connectivity index (χ3v) is 4.80. The lowest BCUT2D eigenvalue weighted by Gasteiger charge is -2.26. The number of carbonyl (C=O) groups is 2. The number of hydrogen-bond donors (Lipinski definition) is 2. The molecule has 0 aliphatic carbocycles. The lowest BCUT2D eigenvalue weighted by Crippen LogP contribution is -2.51. The Labute approximate surface area is 188 Å². The second-order valence-electron chi connectivity index (χ2n) is 7.93. The molecular formula is C24H31FN2O5. The maximum atomic E-state index is 13.5. The number of alkyl carbamates (subject to hydrolysis) is 1. The summed E-state index contributed by atoms with van der Waals surface area (Å²) in [5, 5.41) is 5.60. The van der Waals surface area contributed by atoms with Crippen LogP contribution in [-0.4, -0.2) is 38.4 Å². The minimum absolute atomic E-state index is 0.200. The van der Waals surface area contributed by atoms with E-state index in [4.69, 9.17) is 14.2 Å². The smallest absolute Gasteiger partial charge is 0.408 e. The van der Waals surface area contributed by atoms with Crippen LogP contribution >= 0.6 is 0 Å². The van der Waals surface area contributed by atoms with Gasteiger partial charge in [0.1, 0.15) is 11.9 Å². The molecule has 0 heterocycles. The van der Waals surface area contributed by atoms with Gasteiger partial charge in [0, 0.05) is 0 Å². The minimum Gasteiger partial charge on any atom is -0.493 e. The molecule has 0 aliphatic rings. The molecule has 0 bridgehead atoms. The summed E-state index contributed by atoms with van der Waals surface area (Å²) in [5.74, 6) is 0.0482. The Morgan fingerprint density at radius 3 is 1.97 bits per heavy atom. The average molecular weight is 447 g/mol. The molecule has 2 amide bonds. The fraction of sp³-hybridized carbons (Fsp3) is 0.417. The third-order valence-electron chi connectivity index (χ3n) is 4.80. The number of halogens is 1. The minimum atomic E-state index is -0.829. The van der Waals surface area contributed by atoms with Crippen molar-refractivity contribution in [1.29, 1.82) is 0 Å². The summed E-state index contributed by atoms with van der Waals surface area (Å²) in [5.41, 5.74) is 1.37. The lowest BCUT2D eigenvalue weighted by atomic mass is 9.96. The molecule has 2 atom stereocenters. The lowest BCUT2D eigenvalue weighted by molar-refractivity contribution is -0.124. The quantitative estimate of drug-likeness (QED) is 0.603. The van der Waals surface area contributed by atoms with E-state index in [0.29, 0.717) is 22.6 Å². The van der Waals surface area contributed by atoms with Crippen LogP contribution in [0.1, 0.15) is 44.9 Å². The molecule has 0 spiro atoms. The molecule has 2 aromatic rings. The van der Waals surface area contributed by atoms with Gasteiger partial charge in [-0.2, -0.15) is 0 Å². The van der Waals surface area contributed by atoms with Gasteiger partial charge in [-0.1, -0.05) is 32.0 Å². The second-order valence-corrected chi connectivity index (χ2v) is 7.93. The highest BCUT2D eigenvalue weighted by atomic mass is 19.1. The predicted octanol–water partition coefficient (Wildman–Crippen LogP) is 4.21. The van der Waals surface area contributed by atoms with Crippen LogP contribution in [-0.2, 0) is 9.53 Å². The van der Waals surface area contributed by atoms with Gasteiger partial charge in [-0.25, -0.2) is 9.18 Å². The van der Waals surface area contributed by atoms with Crippen LogP contribution < -0.4 is 20.1 Å². The third kappa shape index (κ3) is 6.60. The van der Waals surface area contributed by atoms with Gasteiger partial charge >= 0.3 is 6.09 Å². The van der Waals surface area contributed by atoms with Crippen LogP contribution in [0.5, 0.6) is 11.5 Å². The average Bonchev–Trinajstić information content (AvgIpc) is 2.75. The van der Waals surface area contributed by atoms with Gasteiger partial charge in [0.05, 0.1) is 26.4 Å². The van der Waals surface area contributed by atoms with Gasteiger partial charge in [0.15, 0.2) is 11.5 Å². The van der Waals surface area contributed by atoms with E-state index in [1.54, 1.807) is 44.2 Å². The van der Waals surface area contributed by atoms with Crippen LogP contribution in [0.15, 0.2) is 42.5 Å². The van der Waals surface area contributed by atoms with Crippen LogP contribution in [0, 0.1) is 11.7 Å². The van der Waals surface area contributed by atoms with E-state index in [1.807, 2.05) is 13.8 Å². The molecule has 7 nitrogen and oxygen atoms in total. The maximum absolute atomic E-state index is 13.5. The van der Waals surface area contributed by atoms with Gasteiger partial charge in [-0.05, 0) is 55.2 Å². The first-order valence-corrected chi connectivity index (χ1v) is 10.4. The molecule has 0 aliphatic heterocycles. The number of benzene rings is 2. The number of amides is 2. The van der Waals surface area contributed by atoms with Crippen molar-refractivity contribution in [2.24, 2.45) is 5.92 Å². The normalized spacial score (nSPS) is 12.8. The number of methoxy groups -OCH3 is 2. The van der Waals surface area contributed by atoms with E-state index in [1.165, 1.54) is 26.4 Å². The van der Waals surface area contributed by atoms with E-state index in [-0.39, 0.29) is 17.8 Å². The number of nitrogens with one attached hydrogen (secondary N) is 2. The molecule has 32 heavy (non-hydrogen) atoms. The highest BCUT2D eigenvalue weighted by molar-refractivity contribution is 5.86. The summed E-state index contributed by atoms with van der Waals surface area (Å²) in [6.45, 7) is 7.10.